The molecule has 138 valence electrons. The molecule has 5 heteroatoms. The number of likely N-dealkylation sites (N-methyl/N-ethyl adjacent to an activating group) is 1. The van der Waals surface area contributed by atoms with Gasteiger partial charge in [-0.3, -0.25) is 9.59 Å². The lowest BCUT2D eigenvalue weighted by molar-refractivity contribution is -0.140. The van der Waals surface area contributed by atoms with Crippen LogP contribution in [0.15, 0.2) is 48.5 Å². The van der Waals surface area contributed by atoms with Gasteiger partial charge in [0, 0.05) is 25.0 Å². The summed E-state index contributed by atoms with van der Waals surface area (Å²) < 4.78 is 0. The summed E-state index contributed by atoms with van der Waals surface area (Å²) in [6.07, 6.45) is 0.847. The smallest absolute Gasteiger partial charge is 0.242 e. The zero-order valence-corrected chi connectivity index (χ0v) is 16.2. The first-order valence-corrected chi connectivity index (χ1v) is 9.10. The average molecular weight is 373 g/mol. The quantitative estimate of drug-likeness (QED) is 0.804. The van der Waals surface area contributed by atoms with Gasteiger partial charge in [0.05, 0.1) is 0 Å². The van der Waals surface area contributed by atoms with Crippen molar-refractivity contribution in [3.63, 3.8) is 0 Å². The van der Waals surface area contributed by atoms with Gasteiger partial charge in [-0.25, -0.2) is 0 Å². The van der Waals surface area contributed by atoms with Gasteiger partial charge in [0.1, 0.15) is 6.04 Å². The van der Waals surface area contributed by atoms with Crippen LogP contribution in [0.4, 0.5) is 0 Å². The Labute approximate surface area is 160 Å². The van der Waals surface area contributed by atoms with Crippen molar-refractivity contribution in [2.24, 2.45) is 0 Å². The highest BCUT2D eigenvalue weighted by molar-refractivity contribution is 6.31. The zero-order chi connectivity index (χ0) is 19.1. The summed E-state index contributed by atoms with van der Waals surface area (Å²) in [6.45, 7) is 4.16. The molecule has 0 aliphatic rings. The Morgan fingerprint density at radius 3 is 2.54 bits per heavy atom. The maximum Gasteiger partial charge on any atom is 0.242 e. The van der Waals surface area contributed by atoms with Crippen molar-refractivity contribution in [1.82, 2.24) is 10.2 Å². The fraction of sp³-hybridized carbons (Fsp3) is 0.333. The van der Waals surface area contributed by atoms with E-state index in [0.717, 1.165) is 16.7 Å². The van der Waals surface area contributed by atoms with E-state index in [1.165, 1.54) is 0 Å². The Bertz CT molecular complexity index is 776. The highest BCUT2D eigenvalue weighted by atomic mass is 35.5. The second kappa shape index (κ2) is 9.39. The molecule has 0 spiro atoms. The lowest BCUT2D eigenvalue weighted by atomic mass is 10.1. The van der Waals surface area contributed by atoms with E-state index in [1.54, 1.807) is 18.9 Å². The molecule has 0 bridgehead atoms. The molecular formula is C21H25ClN2O2. The number of amides is 2. The van der Waals surface area contributed by atoms with Gasteiger partial charge in [-0.2, -0.15) is 0 Å². The maximum absolute atomic E-state index is 12.9. The van der Waals surface area contributed by atoms with Crippen LogP contribution < -0.4 is 5.32 Å². The van der Waals surface area contributed by atoms with Crippen LogP contribution in [0.1, 0.15) is 30.0 Å². The molecule has 0 aliphatic heterocycles. The standard InChI is InChI=1S/C21H25ClN2O2/c1-15-7-6-8-17(13-15)14-24(16(2)21(26)23-3)20(25)12-11-18-9-4-5-10-19(18)22/h4-10,13,16H,11-12,14H2,1-3H3,(H,23,26)/t16-/m0/s1. The Hall–Kier alpha value is -2.33. The first-order chi connectivity index (χ1) is 12.4. The normalized spacial score (nSPS) is 11.7. The second-order valence-corrected chi connectivity index (χ2v) is 6.80. The minimum atomic E-state index is -0.542. The van der Waals surface area contributed by atoms with Crippen LogP contribution >= 0.6 is 11.6 Å². The predicted octanol–water partition coefficient (Wildman–Crippen LogP) is 3.74. The Balaban J connectivity index is 2.15. The highest BCUT2D eigenvalue weighted by Gasteiger charge is 2.25. The molecule has 0 radical (unpaired) electrons. The highest BCUT2D eigenvalue weighted by Crippen LogP contribution is 2.18. The van der Waals surface area contributed by atoms with Crippen molar-refractivity contribution < 1.29 is 9.59 Å². The summed E-state index contributed by atoms with van der Waals surface area (Å²) in [5.74, 6) is -0.244. The average Bonchev–Trinajstić information content (AvgIpc) is 2.64. The first-order valence-electron chi connectivity index (χ1n) is 8.72. The number of rotatable bonds is 7. The van der Waals surface area contributed by atoms with E-state index in [2.05, 4.69) is 5.32 Å². The first kappa shape index (κ1) is 20.0. The Kier molecular flexibility index (Phi) is 7.22. The summed E-state index contributed by atoms with van der Waals surface area (Å²) >= 11 is 6.18. The number of aryl methyl sites for hydroxylation is 2. The van der Waals surface area contributed by atoms with Crippen LogP contribution in [0.25, 0.3) is 0 Å². The van der Waals surface area contributed by atoms with Crippen LogP contribution in [-0.4, -0.2) is 29.8 Å². The molecule has 2 aromatic carbocycles. The molecule has 0 unspecified atom stereocenters. The van der Waals surface area contributed by atoms with Gasteiger partial charge in [0.25, 0.3) is 0 Å². The van der Waals surface area contributed by atoms with Crippen LogP contribution in [0.2, 0.25) is 5.02 Å². The van der Waals surface area contributed by atoms with Crippen molar-refractivity contribution in [2.45, 2.75) is 39.3 Å². The van der Waals surface area contributed by atoms with E-state index < -0.39 is 6.04 Å². The molecule has 0 fully saturated rings. The van der Waals surface area contributed by atoms with Crippen LogP contribution in [0.3, 0.4) is 0 Å². The Morgan fingerprint density at radius 2 is 1.88 bits per heavy atom. The van der Waals surface area contributed by atoms with Crippen molar-refractivity contribution in [3.05, 3.63) is 70.2 Å². The van der Waals surface area contributed by atoms with Gasteiger partial charge < -0.3 is 10.2 Å². The topological polar surface area (TPSA) is 49.4 Å². The third-order valence-corrected chi connectivity index (χ3v) is 4.78. The lowest BCUT2D eigenvalue weighted by Crippen LogP contribution is -2.46. The Morgan fingerprint density at radius 1 is 1.15 bits per heavy atom. The van der Waals surface area contributed by atoms with Crippen molar-refractivity contribution >= 4 is 23.4 Å². The minimum absolute atomic E-state index is 0.0671. The molecule has 0 aromatic heterocycles. The van der Waals surface area contributed by atoms with E-state index in [4.69, 9.17) is 11.6 Å². The fourth-order valence-electron chi connectivity index (χ4n) is 2.89. The number of nitrogens with zero attached hydrogens (tertiary/aromatic N) is 1. The molecule has 2 rings (SSSR count). The monoisotopic (exact) mass is 372 g/mol. The number of hydrogen-bond acceptors (Lipinski definition) is 2. The van der Waals surface area contributed by atoms with Crippen molar-refractivity contribution in [1.29, 1.82) is 0 Å². The molecule has 1 atom stereocenters. The fourth-order valence-corrected chi connectivity index (χ4v) is 3.12. The van der Waals surface area contributed by atoms with Gasteiger partial charge in [0.15, 0.2) is 0 Å². The SMILES string of the molecule is CNC(=O)[C@H](C)N(Cc1cccc(C)c1)C(=O)CCc1ccccc1Cl. The van der Waals surface area contributed by atoms with Crippen LogP contribution in [0.5, 0.6) is 0 Å². The zero-order valence-electron chi connectivity index (χ0n) is 15.5. The summed E-state index contributed by atoms with van der Waals surface area (Å²) in [6, 6.07) is 14.9. The molecular weight excluding hydrogens is 348 g/mol. The second-order valence-electron chi connectivity index (χ2n) is 6.39. The predicted molar refractivity (Wildman–Crippen MR) is 105 cm³/mol. The van der Waals surface area contributed by atoms with Gasteiger partial charge in [-0.1, -0.05) is 59.6 Å². The molecule has 0 heterocycles. The van der Waals surface area contributed by atoms with E-state index in [-0.39, 0.29) is 11.8 Å². The summed E-state index contributed by atoms with van der Waals surface area (Å²) in [5.41, 5.74) is 3.07. The molecule has 2 amide bonds. The van der Waals surface area contributed by atoms with Crippen LogP contribution in [0, 0.1) is 6.92 Å². The summed E-state index contributed by atoms with van der Waals surface area (Å²) in [5, 5.41) is 3.28. The van der Waals surface area contributed by atoms with Gasteiger partial charge >= 0.3 is 0 Å². The van der Waals surface area contributed by atoms with E-state index in [9.17, 15) is 9.59 Å². The minimum Gasteiger partial charge on any atom is -0.357 e. The van der Waals surface area contributed by atoms with Gasteiger partial charge in [0.2, 0.25) is 11.8 Å². The molecule has 0 saturated carbocycles. The maximum atomic E-state index is 12.9. The van der Waals surface area contributed by atoms with Crippen LogP contribution in [-0.2, 0) is 22.6 Å². The molecule has 4 nitrogen and oxygen atoms in total. The largest absolute Gasteiger partial charge is 0.357 e. The third kappa shape index (κ3) is 5.33. The number of carbonyl (C=O) groups excluding carboxylic acids is 2. The van der Waals surface area contributed by atoms with Gasteiger partial charge in [-0.15, -0.1) is 0 Å². The molecule has 2 aromatic rings. The van der Waals surface area contributed by atoms with E-state index in [0.29, 0.717) is 24.4 Å². The molecule has 0 aliphatic carbocycles. The number of nitrogens with one attached hydrogen (secondary N) is 1. The van der Waals surface area contributed by atoms with Crippen molar-refractivity contribution in [2.75, 3.05) is 7.05 Å². The molecule has 26 heavy (non-hydrogen) atoms. The number of halogens is 1. The summed E-state index contributed by atoms with van der Waals surface area (Å²) in [7, 11) is 1.58. The number of benzene rings is 2. The summed E-state index contributed by atoms with van der Waals surface area (Å²) in [4.78, 5) is 26.6. The number of hydrogen-bond donors (Lipinski definition) is 1. The van der Waals surface area contributed by atoms with Gasteiger partial charge in [-0.05, 0) is 37.5 Å². The van der Waals surface area contributed by atoms with E-state index in [1.807, 2.05) is 55.5 Å². The third-order valence-electron chi connectivity index (χ3n) is 4.42. The molecule has 0 saturated heterocycles. The lowest BCUT2D eigenvalue weighted by Gasteiger charge is -2.28. The molecule has 1 N–H and O–H groups in total. The van der Waals surface area contributed by atoms with E-state index >= 15 is 0 Å². The van der Waals surface area contributed by atoms with Crippen molar-refractivity contribution in [3.8, 4) is 0 Å². The number of carbonyl (C=O) groups is 2.